The maximum absolute atomic E-state index is 14.3. The average molecular weight is 643 g/mol. The van der Waals surface area contributed by atoms with Gasteiger partial charge in [-0.3, -0.25) is 14.6 Å². The fourth-order valence-electron chi connectivity index (χ4n) is 6.13. The molecule has 1 heterocycles. The van der Waals surface area contributed by atoms with E-state index in [1.54, 1.807) is 31.2 Å². The number of nitrogens with one attached hydrogen (secondary N) is 2. The maximum Gasteiger partial charge on any atom is 0.408 e. The molecule has 2 saturated carbocycles. The van der Waals surface area contributed by atoms with E-state index in [1.165, 1.54) is 11.0 Å². The number of likely N-dealkylation sites (tertiary alicyclic amines) is 1. The molecule has 244 valence electrons. The highest BCUT2D eigenvalue weighted by atomic mass is 35.5. The zero-order chi connectivity index (χ0) is 33.1. The molecule has 0 spiro atoms. The van der Waals surface area contributed by atoms with Gasteiger partial charge in [0, 0.05) is 22.9 Å². The number of allylic oxidation sites excluding steroid dienone is 1. The van der Waals surface area contributed by atoms with Crippen LogP contribution in [0.5, 0.6) is 0 Å². The van der Waals surface area contributed by atoms with Gasteiger partial charge in [-0.15, -0.1) is 6.58 Å². The lowest BCUT2D eigenvalue weighted by Crippen LogP contribution is -2.59. The number of halogens is 1. The van der Waals surface area contributed by atoms with Gasteiger partial charge in [0.2, 0.25) is 11.8 Å². The number of ether oxygens (including phenoxy) is 2. The van der Waals surface area contributed by atoms with Crippen LogP contribution in [0.25, 0.3) is 5.76 Å². The number of hydrogen-bond donors (Lipinski definition) is 3. The van der Waals surface area contributed by atoms with E-state index in [9.17, 15) is 24.3 Å². The molecule has 1 aliphatic heterocycles. The molecule has 3 aliphatic rings. The number of aliphatic imine (C=N–C) groups is 1. The monoisotopic (exact) mass is 642 g/mol. The van der Waals surface area contributed by atoms with E-state index in [1.807, 2.05) is 20.8 Å². The van der Waals surface area contributed by atoms with Crippen molar-refractivity contribution in [1.29, 1.82) is 0 Å². The fourth-order valence-corrected chi connectivity index (χ4v) is 6.29. The standard InChI is InChI=1S/C33H43ClN4O7/c1-7-19-17-33(19,30(41)42)37-28(39)25-16-22(44-26(8-2)23-14-13-20(34)15-24(23)35-6)18-38(25)29(40)27(32(3,4)5)36-31(43)45-21-11-9-10-12-21/h7-8,13-15,19,21-22,25,27H,1,6,9-12,16-18H2,2-5H3,(H,36,43)(H,37,39)(H,41,42)/b26-8+/t19-,22-,25+,27-,33-/m1/s1. The second-order valence-corrected chi connectivity index (χ2v) is 13.5. The Balaban J connectivity index is 1.61. The number of rotatable bonds is 11. The van der Waals surface area contributed by atoms with Crippen LogP contribution < -0.4 is 10.6 Å². The third-order valence-corrected chi connectivity index (χ3v) is 9.01. The van der Waals surface area contributed by atoms with Gasteiger partial charge in [-0.05, 0) is 75.4 Å². The van der Waals surface area contributed by atoms with Crippen molar-refractivity contribution in [2.45, 2.75) is 96.1 Å². The zero-order valence-electron chi connectivity index (χ0n) is 26.3. The number of aliphatic carboxylic acids is 1. The SMILES string of the molecule is C=C[C@@H]1C[C@]1(NC(=O)[C@@H]1C[C@@H](O/C(=C/C)c2ccc(Cl)cc2N=C)CN1C(=O)[C@@H](NC(=O)OC1CCCC1)C(C)(C)C)C(=O)O. The summed E-state index contributed by atoms with van der Waals surface area (Å²) in [5.74, 6) is -2.27. The normalized spacial score (nSPS) is 25.7. The summed E-state index contributed by atoms with van der Waals surface area (Å²) in [5.41, 5.74) is -1.10. The fraction of sp³-hybridized carbons (Fsp3) is 0.545. The molecule has 1 saturated heterocycles. The minimum atomic E-state index is -1.48. The first-order valence-electron chi connectivity index (χ1n) is 15.3. The molecule has 1 aromatic rings. The first-order valence-corrected chi connectivity index (χ1v) is 15.7. The van der Waals surface area contributed by atoms with E-state index in [0.29, 0.717) is 22.0 Å². The van der Waals surface area contributed by atoms with Crippen molar-refractivity contribution in [1.82, 2.24) is 15.5 Å². The predicted molar refractivity (Wildman–Crippen MR) is 171 cm³/mol. The molecule has 3 N–H and O–H groups in total. The molecular formula is C33H43ClN4O7. The van der Waals surface area contributed by atoms with Crippen molar-refractivity contribution in [3.05, 3.63) is 47.5 Å². The lowest BCUT2D eigenvalue weighted by Gasteiger charge is -2.35. The van der Waals surface area contributed by atoms with Crippen LogP contribution in [0.2, 0.25) is 5.02 Å². The number of alkyl carbamates (subject to hydrolysis) is 1. The summed E-state index contributed by atoms with van der Waals surface area (Å²) < 4.78 is 12.0. The van der Waals surface area contributed by atoms with Gasteiger partial charge in [-0.1, -0.05) is 38.4 Å². The Morgan fingerprint density at radius 2 is 1.87 bits per heavy atom. The van der Waals surface area contributed by atoms with Crippen molar-refractivity contribution in [3.8, 4) is 0 Å². The molecule has 11 nitrogen and oxygen atoms in total. The molecule has 3 amide bonds. The van der Waals surface area contributed by atoms with Crippen LogP contribution in [0.4, 0.5) is 10.5 Å². The molecule has 0 unspecified atom stereocenters. The summed E-state index contributed by atoms with van der Waals surface area (Å²) in [7, 11) is 0. The Labute approximate surface area is 269 Å². The molecule has 4 rings (SSSR count). The van der Waals surface area contributed by atoms with Gasteiger partial charge in [0.25, 0.3) is 0 Å². The third kappa shape index (κ3) is 7.52. The number of benzene rings is 1. The summed E-state index contributed by atoms with van der Waals surface area (Å²) in [6.45, 7) is 14.5. The topological polar surface area (TPSA) is 147 Å². The molecular weight excluding hydrogens is 600 g/mol. The molecule has 0 radical (unpaired) electrons. The zero-order valence-corrected chi connectivity index (χ0v) is 27.1. The van der Waals surface area contributed by atoms with Gasteiger partial charge >= 0.3 is 12.1 Å². The molecule has 5 atom stereocenters. The van der Waals surface area contributed by atoms with E-state index < -0.39 is 58.9 Å². The van der Waals surface area contributed by atoms with Gasteiger partial charge in [0.05, 0.1) is 12.2 Å². The molecule has 2 aliphatic carbocycles. The van der Waals surface area contributed by atoms with Crippen LogP contribution in [-0.2, 0) is 23.9 Å². The molecule has 3 fully saturated rings. The Morgan fingerprint density at radius 3 is 2.42 bits per heavy atom. The highest BCUT2D eigenvalue weighted by Crippen LogP contribution is 2.45. The smallest absolute Gasteiger partial charge is 0.408 e. The van der Waals surface area contributed by atoms with E-state index in [-0.39, 0.29) is 25.5 Å². The molecule has 45 heavy (non-hydrogen) atoms. The minimum Gasteiger partial charge on any atom is -0.488 e. The number of amides is 3. The summed E-state index contributed by atoms with van der Waals surface area (Å²) in [6.07, 6.45) is 5.49. The van der Waals surface area contributed by atoms with Gasteiger partial charge in [-0.25, -0.2) is 9.59 Å². The molecule has 12 heteroatoms. The van der Waals surface area contributed by atoms with Crippen LogP contribution in [0, 0.1) is 11.3 Å². The Bertz CT molecular complexity index is 1380. The number of carboxylic acid groups (broad SMARTS) is 1. The minimum absolute atomic E-state index is 0.00952. The van der Waals surface area contributed by atoms with Crippen molar-refractivity contribution < 1.29 is 33.8 Å². The van der Waals surface area contributed by atoms with Crippen molar-refractivity contribution in [2.75, 3.05) is 6.54 Å². The van der Waals surface area contributed by atoms with Gasteiger partial charge in [0.15, 0.2) is 0 Å². The van der Waals surface area contributed by atoms with E-state index in [4.69, 9.17) is 21.1 Å². The first kappa shape index (κ1) is 34.0. The lowest BCUT2D eigenvalue weighted by atomic mass is 9.85. The number of carbonyl (C=O) groups is 4. The van der Waals surface area contributed by atoms with Crippen molar-refractivity contribution in [3.63, 3.8) is 0 Å². The number of hydrogen-bond acceptors (Lipinski definition) is 7. The van der Waals surface area contributed by atoms with E-state index >= 15 is 0 Å². The van der Waals surface area contributed by atoms with Crippen molar-refractivity contribution >= 4 is 53.6 Å². The second kappa shape index (κ2) is 13.6. The van der Waals surface area contributed by atoms with Gasteiger partial charge in [0.1, 0.15) is 35.6 Å². The summed E-state index contributed by atoms with van der Waals surface area (Å²) in [5, 5.41) is 15.8. The second-order valence-electron chi connectivity index (χ2n) is 13.0. The number of nitrogens with zero attached hydrogens (tertiary/aromatic N) is 2. The number of carboxylic acids is 1. The lowest BCUT2D eigenvalue weighted by molar-refractivity contribution is -0.146. The van der Waals surface area contributed by atoms with Crippen molar-refractivity contribution in [2.24, 2.45) is 16.3 Å². The van der Waals surface area contributed by atoms with Crippen LogP contribution in [0.1, 0.15) is 71.8 Å². The molecule has 1 aromatic carbocycles. The molecule has 0 aromatic heterocycles. The highest BCUT2D eigenvalue weighted by molar-refractivity contribution is 6.30. The van der Waals surface area contributed by atoms with E-state index in [0.717, 1.165) is 25.7 Å². The Hall–Kier alpha value is -3.86. The highest BCUT2D eigenvalue weighted by Gasteiger charge is 2.61. The van der Waals surface area contributed by atoms with E-state index in [2.05, 4.69) is 28.9 Å². The third-order valence-electron chi connectivity index (χ3n) is 8.78. The quantitative estimate of drug-likeness (QED) is 0.170. The summed E-state index contributed by atoms with van der Waals surface area (Å²) in [4.78, 5) is 58.5. The van der Waals surface area contributed by atoms with Crippen LogP contribution in [-0.4, -0.2) is 77.0 Å². The van der Waals surface area contributed by atoms with Crippen LogP contribution in [0.15, 0.2) is 41.9 Å². The number of carbonyl (C=O) groups excluding carboxylic acids is 3. The largest absolute Gasteiger partial charge is 0.488 e. The average Bonchev–Trinajstić information content (AvgIpc) is 3.27. The van der Waals surface area contributed by atoms with Gasteiger partial charge in [-0.2, -0.15) is 0 Å². The van der Waals surface area contributed by atoms with Crippen LogP contribution in [0.3, 0.4) is 0 Å². The van der Waals surface area contributed by atoms with Gasteiger partial charge < -0.3 is 30.1 Å². The Morgan fingerprint density at radius 1 is 1.18 bits per heavy atom. The summed E-state index contributed by atoms with van der Waals surface area (Å²) >= 11 is 6.15. The van der Waals surface area contributed by atoms with Crippen LogP contribution >= 0.6 is 11.6 Å². The Kier molecular flexibility index (Phi) is 10.3. The first-order chi connectivity index (χ1) is 21.2. The molecule has 0 bridgehead atoms. The summed E-state index contributed by atoms with van der Waals surface area (Å²) in [6, 6.07) is 2.99. The maximum atomic E-state index is 14.3. The predicted octanol–water partition coefficient (Wildman–Crippen LogP) is 5.25.